The Morgan fingerprint density at radius 3 is 2.65 bits per heavy atom. The largest absolute Gasteiger partial charge is 0.455 e. The third-order valence-corrected chi connectivity index (χ3v) is 3.49. The Hall–Kier alpha value is -1.72. The van der Waals surface area contributed by atoms with E-state index in [4.69, 9.17) is 27.3 Å². The molecule has 0 bridgehead atoms. The van der Waals surface area contributed by atoms with Crippen LogP contribution in [0.4, 0.5) is 0 Å². The Bertz CT molecular complexity index is 674. The van der Waals surface area contributed by atoms with Gasteiger partial charge < -0.3 is 15.7 Å². The summed E-state index contributed by atoms with van der Waals surface area (Å²) >= 11 is 9.39. The molecule has 0 spiro atoms. The van der Waals surface area contributed by atoms with Crippen LogP contribution in [-0.2, 0) is 0 Å². The number of nitrogens with zero attached hydrogens (tertiary/aromatic N) is 1. The highest BCUT2D eigenvalue weighted by molar-refractivity contribution is 9.10. The standard InChI is InChI=1S/C14H12BrClN2O2/c1-8-2-5-12(11(15)6-8)20-13-7-9(16)3-4-10(13)14(17)18-19/h2-7,19H,1H3,(H2,17,18). The van der Waals surface area contributed by atoms with Crippen molar-refractivity contribution in [2.45, 2.75) is 6.92 Å². The lowest BCUT2D eigenvalue weighted by Crippen LogP contribution is -2.14. The lowest BCUT2D eigenvalue weighted by atomic mass is 10.2. The quantitative estimate of drug-likeness (QED) is 0.373. The van der Waals surface area contributed by atoms with E-state index >= 15 is 0 Å². The first-order valence-corrected chi connectivity index (χ1v) is 6.90. The molecule has 4 nitrogen and oxygen atoms in total. The second-order valence-corrected chi connectivity index (χ2v) is 5.45. The molecule has 0 aromatic heterocycles. The highest BCUT2D eigenvalue weighted by atomic mass is 79.9. The number of benzene rings is 2. The number of nitrogens with two attached hydrogens (primary N) is 1. The van der Waals surface area contributed by atoms with E-state index < -0.39 is 0 Å². The van der Waals surface area contributed by atoms with Crippen LogP contribution < -0.4 is 10.5 Å². The Labute approximate surface area is 129 Å². The van der Waals surface area contributed by atoms with Crippen LogP contribution >= 0.6 is 27.5 Å². The second-order valence-electron chi connectivity index (χ2n) is 4.16. The molecule has 0 aliphatic rings. The lowest BCUT2D eigenvalue weighted by molar-refractivity contribution is 0.318. The number of ether oxygens (including phenoxy) is 1. The van der Waals surface area contributed by atoms with Gasteiger partial charge in [0.2, 0.25) is 0 Å². The summed E-state index contributed by atoms with van der Waals surface area (Å²) in [4.78, 5) is 0. The van der Waals surface area contributed by atoms with Crippen molar-refractivity contribution in [1.29, 1.82) is 0 Å². The predicted octanol–water partition coefficient (Wildman–Crippen LogP) is 4.30. The van der Waals surface area contributed by atoms with Gasteiger partial charge in [0.1, 0.15) is 11.5 Å². The van der Waals surface area contributed by atoms with Crippen molar-refractivity contribution in [3.05, 3.63) is 57.0 Å². The number of rotatable bonds is 3. The molecule has 0 aliphatic heterocycles. The molecule has 0 aliphatic carbocycles. The summed E-state index contributed by atoms with van der Waals surface area (Å²) in [5, 5.41) is 12.3. The third kappa shape index (κ3) is 3.23. The number of hydrogen-bond acceptors (Lipinski definition) is 3. The van der Waals surface area contributed by atoms with Crippen molar-refractivity contribution >= 4 is 33.4 Å². The molecule has 0 saturated carbocycles. The van der Waals surface area contributed by atoms with Gasteiger partial charge in [-0.1, -0.05) is 22.8 Å². The van der Waals surface area contributed by atoms with E-state index in [0.717, 1.165) is 10.0 Å². The van der Waals surface area contributed by atoms with E-state index in [2.05, 4.69) is 21.1 Å². The normalized spacial score (nSPS) is 11.4. The van der Waals surface area contributed by atoms with Crippen molar-refractivity contribution < 1.29 is 9.94 Å². The molecule has 2 aromatic rings. The van der Waals surface area contributed by atoms with E-state index in [1.54, 1.807) is 18.2 Å². The number of hydrogen-bond donors (Lipinski definition) is 2. The number of aryl methyl sites for hydroxylation is 1. The molecule has 3 N–H and O–H groups in total. The maximum atomic E-state index is 8.80. The molecule has 0 saturated heterocycles. The van der Waals surface area contributed by atoms with Crippen LogP contribution in [0.5, 0.6) is 11.5 Å². The molecule has 20 heavy (non-hydrogen) atoms. The van der Waals surface area contributed by atoms with Gasteiger partial charge in [-0.2, -0.15) is 0 Å². The van der Waals surface area contributed by atoms with Crippen LogP contribution in [0.2, 0.25) is 5.02 Å². The van der Waals surface area contributed by atoms with E-state index in [-0.39, 0.29) is 5.84 Å². The third-order valence-electron chi connectivity index (χ3n) is 2.63. The van der Waals surface area contributed by atoms with Crippen LogP contribution in [0, 0.1) is 6.92 Å². The van der Waals surface area contributed by atoms with Gasteiger partial charge in [0, 0.05) is 11.1 Å². The summed E-state index contributed by atoms with van der Waals surface area (Å²) in [6.45, 7) is 1.98. The molecule has 6 heteroatoms. The van der Waals surface area contributed by atoms with E-state index in [9.17, 15) is 0 Å². The van der Waals surface area contributed by atoms with Gasteiger partial charge in [0.15, 0.2) is 5.84 Å². The average molecular weight is 356 g/mol. The molecular formula is C14H12BrClN2O2. The van der Waals surface area contributed by atoms with Gasteiger partial charge in [-0.25, -0.2) is 0 Å². The van der Waals surface area contributed by atoms with Crippen molar-refractivity contribution in [3.63, 3.8) is 0 Å². The van der Waals surface area contributed by atoms with Crippen molar-refractivity contribution in [1.82, 2.24) is 0 Å². The fourth-order valence-corrected chi connectivity index (χ4v) is 2.39. The monoisotopic (exact) mass is 354 g/mol. The van der Waals surface area contributed by atoms with Crippen molar-refractivity contribution in [2.75, 3.05) is 0 Å². The van der Waals surface area contributed by atoms with Crippen LogP contribution in [0.3, 0.4) is 0 Å². The fourth-order valence-electron chi connectivity index (χ4n) is 1.65. The highest BCUT2D eigenvalue weighted by Gasteiger charge is 2.12. The van der Waals surface area contributed by atoms with Crippen LogP contribution in [0.25, 0.3) is 0 Å². The first-order chi connectivity index (χ1) is 9.51. The molecule has 104 valence electrons. The second kappa shape index (κ2) is 6.15. The van der Waals surface area contributed by atoms with E-state index in [1.807, 2.05) is 25.1 Å². The van der Waals surface area contributed by atoms with Crippen LogP contribution in [0.15, 0.2) is 46.0 Å². The molecular weight excluding hydrogens is 344 g/mol. The minimum Gasteiger partial charge on any atom is -0.455 e. The maximum Gasteiger partial charge on any atom is 0.173 e. The minimum absolute atomic E-state index is 0.0418. The SMILES string of the molecule is Cc1ccc(Oc2cc(Cl)ccc2C(N)=NO)c(Br)c1. The number of oxime groups is 1. The average Bonchev–Trinajstić information content (AvgIpc) is 2.41. The highest BCUT2D eigenvalue weighted by Crippen LogP contribution is 2.33. The molecule has 0 heterocycles. The maximum absolute atomic E-state index is 8.80. The summed E-state index contributed by atoms with van der Waals surface area (Å²) < 4.78 is 6.60. The van der Waals surface area contributed by atoms with Crippen LogP contribution in [-0.4, -0.2) is 11.0 Å². The van der Waals surface area contributed by atoms with Gasteiger partial charge in [-0.05, 0) is 52.7 Å². The zero-order valence-electron chi connectivity index (χ0n) is 10.6. The van der Waals surface area contributed by atoms with Crippen LogP contribution in [0.1, 0.15) is 11.1 Å². The zero-order chi connectivity index (χ0) is 14.7. The summed E-state index contributed by atoms with van der Waals surface area (Å²) in [6, 6.07) is 10.6. The molecule has 0 radical (unpaired) electrons. The van der Waals surface area contributed by atoms with Gasteiger partial charge >= 0.3 is 0 Å². The van der Waals surface area contributed by atoms with Gasteiger partial charge in [0.05, 0.1) is 10.0 Å². The van der Waals surface area contributed by atoms with Gasteiger partial charge in [-0.15, -0.1) is 0 Å². The topological polar surface area (TPSA) is 67.8 Å². The zero-order valence-corrected chi connectivity index (χ0v) is 12.9. The van der Waals surface area contributed by atoms with Crippen molar-refractivity contribution in [2.24, 2.45) is 10.9 Å². The Kier molecular flexibility index (Phi) is 4.52. The molecule has 0 unspecified atom stereocenters. The number of halogens is 2. The molecule has 0 amide bonds. The molecule has 2 rings (SSSR count). The summed E-state index contributed by atoms with van der Waals surface area (Å²) in [5.74, 6) is 0.988. The van der Waals surface area contributed by atoms with Gasteiger partial charge in [0.25, 0.3) is 0 Å². The smallest absolute Gasteiger partial charge is 0.173 e. The Balaban J connectivity index is 2.44. The molecule has 0 atom stereocenters. The van der Waals surface area contributed by atoms with E-state index in [1.165, 1.54) is 0 Å². The Morgan fingerprint density at radius 1 is 1.25 bits per heavy atom. The molecule has 0 fully saturated rings. The predicted molar refractivity (Wildman–Crippen MR) is 82.9 cm³/mol. The first kappa shape index (κ1) is 14.7. The summed E-state index contributed by atoms with van der Waals surface area (Å²) in [6.07, 6.45) is 0. The summed E-state index contributed by atoms with van der Waals surface area (Å²) in [7, 11) is 0. The number of amidine groups is 1. The fraction of sp³-hybridized carbons (Fsp3) is 0.0714. The van der Waals surface area contributed by atoms with Gasteiger partial charge in [-0.3, -0.25) is 0 Å². The first-order valence-electron chi connectivity index (χ1n) is 5.72. The Morgan fingerprint density at radius 2 is 2.00 bits per heavy atom. The molecule has 2 aromatic carbocycles. The summed E-state index contributed by atoms with van der Waals surface area (Å²) in [5.41, 5.74) is 7.19. The van der Waals surface area contributed by atoms with E-state index in [0.29, 0.717) is 22.1 Å². The minimum atomic E-state index is -0.0418. The van der Waals surface area contributed by atoms with Crippen molar-refractivity contribution in [3.8, 4) is 11.5 Å². The lowest BCUT2D eigenvalue weighted by Gasteiger charge is -2.12.